The van der Waals surface area contributed by atoms with Crippen molar-refractivity contribution in [2.24, 2.45) is 11.8 Å². The van der Waals surface area contributed by atoms with Gasteiger partial charge in [0.05, 0.1) is 35.6 Å². The maximum Gasteiger partial charge on any atom is 0.494 e. The molecule has 0 radical (unpaired) electrons. The highest BCUT2D eigenvalue weighted by Crippen LogP contribution is 2.38. The molecule has 2 saturated heterocycles. The van der Waals surface area contributed by atoms with Gasteiger partial charge in [0, 0.05) is 11.1 Å². The summed E-state index contributed by atoms with van der Waals surface area (Å²) >= 11 is 0. The lowest BCUT2D eigenvalue weighted by atomic mass is 9.79. The number of benzene rings is 3. The van der Waals surface area contributed by atoms with E-state index in [0.29, 0.717) is 25.0 Å². The van der Waals surface area contributed by atoms with Gasteiger partial charge in [-0.25, -0.2) is 0 Å². The summed E-state index contributed by atoms with van der Waals surface area (Å²) in [5.41, 5.74) is 4.68. The number of rotatable bonds is 20. The topological polar surface area (TPSA) is 55.4 Å². The van der Waals surface area contributed by atoms with Crippen LogP contribution in [0.3, 0.4) is 0 Å². The third kappa shape index (κ3) is 11.5. The predicted octanol–water partition coefficient (Wildman–Crippen LogP) is 11.8. The van der Waals surface area contributed by atoms with Crippen molar-refractivity contribution in [3.05, 3.63) is 82.9 Å². The Balaban J connectivity index is 1.46. The Bertz CT molecular complexity index is 1650. The molecule has 0 amide bonds. The van der Waals surface area contributed by atoms with Crippen molar-refractivity contribution in [2.75, 3.05) is 13.2 Å². The van der Waals surface area contributed by atoms with Crippen LogP contribution < -0.4 is 20.4 Å². The zero-order valence-electron chi connectivity index (χ0n) is 37.9. The van der Waals surface area contributed by atoms with Gasteiger partial charge in [-0.05, 0) is 114 Å². The van der Waals surface area contributed by atoms with E-state index < -0.39 is 0 Å². The van der Waals surface area contributed by atoms with E-state index in [0.717, 1.165) is 57.5 Å². The van der Waals surface area contributed by atoms with Crippen molar-refractivity contribution < 1.29 is 28.1 Å². The second-order valence-corrected chi connectivity index (χ2v) is 18.6. The van der Waals surface area contributed by atoms with Crippen LogP contribution in [0.1, 0.15) is 157 Å². The predicted molar refractivity (Wildman–Crippen MR) is 246 cm³/mol. The largest absolute Gasteiger partial charge is 0.494 e. The Morgan fingerprint density at radius 1 is 0.500 bits per heavy atom. The normalized spacial score (nSPS) is 19.3. The molecule has 2 heterocycles. The van der Waals surface area contributed by atoms with Crippen LogP contribution in [0.5, 0.6) is 11.5 Å². The molecule has 314 valence electrons. The van der Waals surface area contributed by atoms with Crippen molar-refractivity contribution in [1.29, 1.82) is 0 Å². The van der Waals surface area contributed by atoms with Gasteiger partial charge in [0.25, 0.3) is 0 Å². The van der Waals surface area contributed by atoms with E-state index in [9.17, 15) is 0 Å². The summed E-state index contributed by atoms with van der Waals surface area (Å²) in [4.78, 5) is 0. The van der Waals surface area contributed by atoms with E-state index in [4.69, 9.17) is 28.1 Å². The summed E-state index contributed by atoms with van der Waals surface area (Å²) in [6.45, 7) is 27.1. The van der Waals surface area contributed by atoms with Gasteiger partial charge in [0.15, 0.2) is 0 Å². The van der Waals surface area contributed by atoms with Gasteiger partial charge in [-0.1, -0.05) is 139 Å². The van der Waals surface area contributed by atoms with E-state index in [-0.39, 0.29) is 36.6 Å². The first-order valence-electron chi connectivity index (χ1n) is 22.2. The van der Waals surface area contributed by atoms with Crippen LogP contribution in [0, 0.1) is 11.8 Å². The third-order valence-corrected chi connectivity index (χ3v) is 13.0. The number of hydrogen-bond acceptors (Lipinski definition) is 6. The summed E-state index contributed by atoms with van der Waals surface area (Å²) in [6, 6.07) is 21.3. The van der Waals surface area contributed by atoms with Crippen LogP contribution in [0.4, 0.5) is 0 Å². The average molecular weight is 791 g/mol. The molecule has 2 aliphatic heterocycles. The fourth-order valence-electron chi connectivity index (χ4n) is 7.17. The van der Waals surface area contributed by atoms with Crippen molar-refractivity contribution in [1.82, 2.24) is 0 Å². The van der Waals surface area contributed by atoms with Gasteiger partial charge < -0.3 is 28.1 Å². The first-order chi connectivity index (χ1) is 27.5. The highest BCUT2D eigenvalue weighted by atomic mass is 16.7. The molecule has 0 spiro atoms. The van der Waals surface area contributed by atoms with E-state index in [2.05, 4.69) is 168 Å². The molecule has 0 aromatic heterocycles. The first kappa shape index (κ1) is 45.8. The molecule has 0 N–H and O–H groups in total. The molecule has 58 heavy (non-hydrogen) atoms. The van der Waals surface area contributed by atoms with Crippen molar-refractivity contribution in [2.45, 2.75) is 157 Å². The standard InChI is InChI=1S/C50H72B2O6/c1-13-17-19-37(15-3)35-53-45-33-42(28-22-40-25-31-44(32-26-40)52-57-49(9,10)50(11,12)58-52)46(54-36-38(16-4)20-18-14-2)34-41(45)27-21-39-23-29-43(30-24-39)51-55-47(5,6)48(7,8)56-51/h21-34,37-38H,13-20,35-36H2,1-12H3/b27-21+,28-22+. The maximum atomic E-state index is 6.75. The zero-order valence-corrected chi connectivity index (χ0v) is 37.9. The number of ether oxygens (including phenoxy) is 2. The maximum absolute atomic E-state index is 6.75. The van der Waals surface area contributed by atoms with E-state index >= 15 is 0 Å². The molecule has 0 aliphatic carbocycles. The highest BCUT2D eigenvalue weighted by Gasteiger charge is 2.52. The molecule has 2 unspecified atom stereocenters. The first-order valence-corrected chi connectivity index (χ1v) is 22.2. The molecular weight excluding hydrogens is 718 g/mol. The Labute approximate surface area is 352 Å². The average Bonchev–Trinajstić information content (AvgIpc) is 3.56. The minimum Gasteiger partial charge on any atom is -0.493 e. The molecule has 2 atom stereocenters. The van der Waals surface area contributed by atoms with Crippen LogP contribution in [-0.2, 0) is 18.6 Å². The fraction of sp³-hybridized carbons (Fsp3) is 0.560. The van der Waals surface area contributed by atoms with Gasteiger partial charge in [-0.2, -0.15) is 0 Å². The minimum atomic E-state index is -0.389. The Morgan fingerprint density at radius 3 is 1.12 bits per heavy atom. The molecule has 2 fully saturated rings. The van der Waals surface area contributed by atoms with Crippen LogP contribution in [0.15, 0.2) is 60.7 Å². The molecule has 2 aliphatic rings. The quantitative estimate of drug-likeness (QED) is 0.0839. The Hall–Kier alpha value is -3.29. The molecule has 3 aromatic carbocycles. The zero-order chi connectivity index (χ0) is 42.1. The van der Waals surface area contributed by atoms with Crippen molar-refractivity contribution >= 4 is 49.5 Å². The molecule has 3 aromatic rings. The van der Waals surface area contributed by atoms with Gasteiger partial charge in [0.1, 0.15) is 11.5 Å². The fourth-order valence-corrected chi connectivity index (χ4v) is 7.17. The van der Waals surface area contributed by atoms with Gasteiger partial charge in [-0.3, -0.25) is 0 Å². The van der Waals surface area contributed by atoms with E-state index in [1.807, 2.05) is 0 Å². The lowest BCUT2D eigenvalue weighted by Crippen LogP contribution is -2.41. The summed E-state index contributed by atoms with van der Waals surface area (Å²) < 4.78 is 38.7. The smallest absolute Gasteiger partial charge is 0.493 e. The van der Waals surface area contributed by atoms with Crippen LogP contribution in [-0.4, -0.2) is 49.9 Å². The minimum absolute atomic E-state index is 0.381. The number of unbranched alkanes of at least 4 members (excludes halogenated alkanes) is 2. The van der Waals surface area contributed by atoms with E-state index in [1.54, 1.807) is 0 Å². The molecule has 8 heteroatoms. The van der Waals surface area contributed by atoms with Crippen molar-refractivity contribution in [3.8, 4) is 11.5 Å². The molecule has 0 saturated carbocycles. The molecule has 6 nitrogen and oxygen atoms in total. The van der Waals surface area contributed by atoms with Gasteiger partial charge in [0.2, 0.25) is 0 Å². The summed E-state index contributed by atoms with van der Waals surface area (Å²) in [7, 11) is -0.778. The third-order valence-electron chi connectivity index (χ3n) is 13.0. The molecular formula is C50H72B2O6. The summed E-state index contributed by atoms with van der Waals surface area (Å²) in [6.07, 6.45) is 17.9. The van der Waals surface area contributed by atoms with Crippen LogP contribution in [0.2, 0.25) is 0 Å². The highest BCUT2D eigenvalue weighted by molar-refractivity contribution is 6.62. The Morgan fingerprint density at radius 2 is 0.828 bits per heavy atom. The monoisotopic (exact) mass is 791 g/mol. The van der Waals surface area contributed by atoms with Crippen LogP contribution in [0.25, 0.3) is 24.3 Å². The second-order valence-electron chi connectivity index (χ2n) is 18.6. The SMILES string of the molecule is CCCCC(CC)COc1cc(/C=C/c2ccc(B3OC(C)(C)C(C)(C)O3)cc2)c(OCC(CC)CCCC)cc1/C=C/c1ccc(B2OC(C)(C)C(C)(C)O2)cc1. The lowest BCUT2D eigenvalue weighted by molar-refractivity contribution is 0.00578. The Kier molecular flexibility index (Phi) is 15.7. The van der Waals surface area contributed by atoms with Gasteiger partial charge in [-0.15, -0.1) is 0 Å². The lowest BCUT2D eigenvalue weighted by Gasteiger charge is -2.32. The summed E-state index contributed by atoms with van der Waals surface area (Å²) in [5, 5.41) is 0. The van der Waals surface area contributed by atoms with Gasteiger partial charge >= 0.3 is 14.2 Å². The molecule has 5 rings (SSSR count). The van der Waals surface area contributed by atoms with Crippen molar-refractivity contribution in [3.63, 3.8) is 0 Å². The second kappa shape index (κ2) is 19.8. The van der Waals surface area contributed by atoms with E-state index in [1.165, 1.54) is 38.5 Å². The number of hydrogen-bond donors (Lipinski definition) is 0. The molecule has 0 bridgehead atoms. The summed E-state index contributed by atoms with van der Waals surface area (Å²) in [5.74, 6) is 2.73. The van der Waals surface area contributed by atoms with Crippen LogP contribution >= 0.6 is 0 Å².